The number of hydrogen-bond donors (Lipinski definition) is 2. The second-order valence-corrected chi connectivity index (χ2v) is 13.3. The highest BCUT2D eigenvalue weighted by molar-refractivity contribution is 7.47. The van der Waals surface area contributed by atoms with Gasteiger partial charge in [-0.2, -0.15) is 0 Å². The number of carbonyl (C=O) groups is 2. The van der Waals surface area contributed by atoms with Crippen molar-refractivity contribution in [3.8, 4) is 0 Å². The molecule has 0 saturated carbocycles. The third-order valence-corrected chi connectivity index (χ3v) is 8.11. The molecule has 51 heavy (non-hydrogen) atoms. The van der Waals surface area contributed by atoms with Crippen LogP contribution in [-0.4, -0.2) is 49.3 Å². The molecule has 0 aromatic heterocycles. The molecule has 0 aliphatic heterocycles. The molecule has 0 radical (unpaired) electrons. The fourth-order valence-corrected chi connectivity index (χ4v) is 5.13. The first-order chi connectivity index (χ1) is 24.8. The van der Waals surface area contributed by atoms with Gasteiger partial charge in [-0.25, -0.2) is 4.57 Å². The maximum absolute atomic E-state index is 12.5. The predicted octanol–water partition coefficient (Wildman–Crippen LogP) is 10.3. The molecule has 10 heteroatoms. The fraction of sp³-hybridized carbons (Fsp3) is 0.561. The molecule has 0 aromatic rings. The van der Waals surface area contributed by atoms with Crippen molar-refractivity contribution in [1.29, 1.82) is 0 Å². The molecule has 3 N–H and O–H groups in total. The van der Waals surface area contributed by atoms with Crippen LogP contribution in [-0.2, 0) is 32.7 Å². The third-order valence-electron chi connectivity index (χ3n) is 7.13. The molecule has 0 aliphatic rings. The summed E-state index contributed by atoms with van der Waals surface area (Å²) in [6.45, 7) is 3.41. The first-order valence-corrected chi connectivity index (χ1v) is 20.3. The number of esters is 2. The van der Waals surface area contributed by atoms with E-state index in [-0.39, 0.29) is 32.6 Å². The lowest BCUT2D eigenvalue weighted by Crippen LogP contribution is -2.29. The zero-order valence-corrected chi connectivity index (χ0v) is 32.2. The smallest absolute Gasteiger partial charge is 0.462 e. The van der Waals surface area contributed by atoms with Crippen molar-refractivity contribution in [2.75, 3.05) is 26.4 Å². The standard InChI is InChI=1S/C41H66NO8P/c1-3-5-7-9-11-13-15-17-18-19-20-22-23-25-27-29-31-33-40(43)47-37-39(38-49-51(45,46)48-36-35-42)50-41(44)34-32-30-28-26-24-21-16-14-12-10-8-6-4-2/h5,7,9,11,13,15,17-24,28,30,39H,3-4,6,8,10,12,14,16,25-27,29,31-38,42H2,1-2H3,(H,45,46)/b7-5+,11-9+,15-13+,18-17+,20-19+,23-22+,24-21+,30-28+. The number of rotatable bonds is 33. The first kappa shape index (κ1) is 47.9. The first-order valence-electron chi connectivity index (χ1n) is 18.8. The van der Waals surface area contributed by atoms with Crippen molar-refractivity contribution >= 4 is 19.8 Å². The Morgan fingerprint density at radius 1 is 0.627 bits per heavy atom. The number of ether oxygens (including phenoxy) is 2. The van der Waals surface area contributed by atoms with E-state index >= 15 is 0 Å². The van der Waals surface area contributed by atoms with Crippen LogP contribution in [0.5, 0.6) is 0 Å². The number of allylic oxidation sites excluding steroid dienone is 16. The van der Waals surface area contributed by atoms with E-state index < -0.39 is 32.5 Å². The van der Waals surface area contributed by atoms with Crippen molar-refractivity contribution < 1.29 is 37.6 Å². The minimum atomic E-state index is -4.40. The summed E-state index contributed by atoms with van der Waals surface area (Å²) in [5.74, 6) is -0.972. The second-order valence-electron chi connectivity index (χ2n) is 11.9. The number of carbonyl (C=O) groups excluding carboxylic acids is 2. The lowest BCUT2D eigenvalue weighted by molar-refractivity contribution is -0.161. The van der Waals surface area contributed by atoms with Gasteiger partial charge in [-0.1, -0.05) is 150 Å². The number of phosphoric ester groups is 1. The zero-order valence-electron chi connectivity index (χ0n) is 31.3. The van der Waals surface area contributed by atoms with Gasteiger partial charge in [0, 0.05) is 19.4 Å². The van der Waals surface area contributed by atoms with E-state index in [1.807, 2.05) is 72.9 Å². The van der Waals surface area contributed by atoms with Crippen molar-refractivity contribution in [1.82, 2.24) is 0 Å². The number of unbranched alkanes of at least 4 members (excludes halogenated alkanes) is 9. The average molecular weight is 732 g/mol. The molecule has 2 unspecified atom stereocenters. The Hall–Kier alpha value is -3.07. The normalized spacial score (nSPS) is 14.5. The Balaban J connectivity index is 4.44. The van der Waals surface area contributed by atoms with Crippen LogP contribution >= 0.6 is 7.82 Å². The van der Waals surface area contributed by atoms with Gasteiger partial charge >= 0.3 is 19.8 Å². The molecule has 2 atom stereocenters. The molecule has 0 rings (SSSR count). The highest BCUT2D eigenvalue weighted by Crippen LogP contribution is 2.43. The lowest BCUT2D eigenvalue weighted by Gasteiger charge is -2.19. The van der Waals surface area contributed by atoms with Gasteiger partial charge in [0.1, 0.15) is 6.61 Å². The van der Waals surface area contributed by atoms with Gasteiger partial charge in [0.25, 0.3) is 0 Å². The Morgan fingerprint density at radius 3 is 1.84 bits per heavy atom. The molecule has 0 bridgehead atoms. The Morgan fingerprint density at radius 2 is 1.20 bits per heavy atom. The van der Waals surface area contributed by atoms with E-state index in [1.165, 1.54) is 38.5 Å². The van der Waals surface area contributed by atoms with Gasteiger partial charge in [0.2, 0.25) is 0 Å². The SMILES string of the molecule is CC/C=C/C=C/C=C/C=C/C=C/C=C/CCCCCC(=O)OCC(COP(=O)(O)OCCN)OC(=O)CC/C=C/C/C=C/CCCCCCCC. The van der Waals surface area contributed by atoms with Gasteiger partial charge in [0.15, 0.2) is 6.10 Å². The average Bonchev–Trinajstić information content (AvgIpc) is 3.11. The van der Waals surface area contributed by atoms with Gasteiger partial charge < -0.3 is 20.1 Å². The van der Waals surface area contributed by atoms with Crippen LogP contribution in [0.1, 0.15) is 117 Å². The number of hydrogen-bond acceptors (Lipinski definition) is 8. The molecule has 0 aliphatic carbocycles. The molecular weight excluding hydrogens is 665 g/mol. The van der Waals surface area contributed by atoms with Crippen LogP contribution < -0.4 is 5.73 Å². The van der Waals surface area contributed by atoms with Crippen molar-refractivity contribution in [3.63, 3.8) is 0 Å². The van der Waals surface area contributed by atoms with Crippen LogP contribution in [0.2, 0.25) is 0 Å². The summed E-state index contributed by atoms with van der Waals surface area (Å²) in [6.07, 6.45) is 46.0. The quantitative estimate of drug-likeness (QED) is 0.0222. The molecule has 9 nitrogen and oxygen atoms in total. The van der Waals surface area contributed by atoms with Gasteiger partial charge in [-0.05, 0) is 51.4 Å². The van der Waals surface area contributed by atoms with Crippen molar-refractivity contribution in [2.24, 2.45) is 5.73 Å². The number of phosphoric acid groups is 1. The second kappa shape index (κ2) is 36.7. The van der Waals surface area contributed by atoms with E-state index in [9.17, 15) is 19.0 Å². The molecule has 0 heterocycles. The summed E-state index contributed by atoms with van der Waals surface area (Å²) in [5.41, 5.74) is 5.32. The monoisotopic (exact) mass is 731 g/mol. The topological polar surface area (TPSA) is 134 Å². The van der Waals surface area contributed by atoms with E-state index in [1.54, 1.807) is 0 Å². The number of nitrogens with two attached hydrogens (primary N) is 1. The van der Waals surface area contributed by atoms with Gasteiger partial charge in [-0.3, -0.25) is 18.6 Å². The Labute approximate surface area is 308 Å². The summed E-state index contributed by atoms with van der Waals surface area (Å²) in [5, 5.41) is 0. The summed E-state index contributed by atoms with van der Waals surface area (Å²) < 4.78 is 32.5. The van der Waals surface area contributed by atoms with Crippen molar-refractivity contribution in [2.45, 2.75) is 123 Å². The molecule has 0 aromatic carbocycles. The van der Waals surface area contributed by atoms with E-state index in [2.05, 4.69) is 38.2 Å². The molecular formula is C41H66NO8P. The molecule has 288 valence electrons. The van der Waals surface area contributed by atoms with Crippen LogP contribution in [0.15, 0.2) is 97.2 Å². The largest absolute Gasteiger partial charge is 0.472 e. The maximum Gasteiger partial charge on any atom is 0.472 e. The third kappa shape index (κ3) is 36.5. The van der Waals surface area contributed by atoms with E-state index in [4.69, 9.17) is 24.3 Å². The summed E-state index contributed by atoms with van der Waals surface area (Å²) in [7, 11) is -4.40. The van der Waals surface area contributed by atoms with Gasteiger partial charge in [-0.15, -0.1) is 0 Å². The van der Waals surface area contributed by atoms with Crippen molar-refractivity contribution in [3.05, 3.63) is 97.2 Å². The molecule has 0 amide bonds. The Kier molecular flexibility index (Phi) is 34.5. The molecule has 0 fully saturated rings. The minimum Gasteiger partial charge on any atom is -0.462 e. The zero-order chi connectivity index (χ0) is 37.5. The lowest BCUT2D eigenvalue weighted by atomic mass is 10.1. The summed E-state index contributed by atoms with van der Waals surface area (Å²) in [4.78, 5) is 34.7. The predicted molar refractivity (Wildman–Crippen MR) is 210 cm³/mol. The fourth-order valence-electron chi connectivity index (χ4n) is 4.36. The van der Waals surface area contributed by atoms with E-state index in [0.29, 0.717) is 12.8 Å². The van der Waals surface area contributed by atoms with Gasteiger partial charge in [0.05, 0.1) is 13.2 Å². The summed E-state index contributed by atoms with van der Waals surface area (Å²) >= 11 is 0. The highest BCUT2D eigenvalue weighted by Gasteiger charge is 2.25. The van der Waals surface area contributed by atoms with Crippen LogP contribution in [0.4, 0.5) is 0 Å². The molecule has 0 saturated heterocycles. The van der Waals surface area contributed by atoms with Crippen LogP contribution in [0.25, 0.3) is 0 Å². The van der Waals surface area contributed by atoms with Crippen LogP contribution in [0.3, 0.4) is 0 Å². The van der Waals surface area contributed by atoms with Crippen LogP contribution in [0, 0.1) is 0 Å². The Bertz CT molecular complexity index is 1150. The molecule has 0 spiro atoms. The minimum absolute atomic E-state index is 0.0333. The summed E-state index contributed by atoms with van der Waals surface area (Å²) in [6, 6.07) is 0. The van der Waals surface area contributed by atoms with E-state index in [0.717, 1.165) is 38.5 Å². The maximum atomic E-state index is 12.5. The highest BCUT2D eigenvalue weighted by atomic mass is 31.2.